The molecule has 2 aliphatic rings. The van der Waals surface area contributed by atoms with Crippen molar-refractivity contribution < 1.29 is 23.1 Å². The molecule has 0 radical (unpaired) electrons. The van der Waals surface area contributed by atoms with Crippen LogP contribution in [0.3, 0.4) is 0 Å². The first-order valence-electron chi connectivity index (χ1n) is 4.25. The third-order valence-corrected chi connectivity index (χ3v) is 2.40. The van der Waals surface area contributed by atoms with Crippen molar-refractivity contribution in [2.24, 2.45) is 0 Å². The molecule has 1 aromatic rings. The number of hydrogen-bond acceptors (Lipinski definition) is 6. The van der Waals surface area contributed by atoms with Gasteiger partial charge in [0.2, 0.25) is 5.76 Å². The minimum Gasteiger partial charge on any atom is -0.395 e. The van der Waals surface area contributed by atoms with E-state index in [1.807, 2.05) is 0 Å². The van der Waals surface area contributed by atoms with Crippen LogP contribution in [-0.2, 0) is 21.7 Å². The number of carbonyl (C=O) groups is 1. The van der Waals surface area contributed by atoms with Gasteiger partial charge in [0, 0.05) is 12.8 Å². The van der Waals surface area contributed by atoms with Crippen molar-refractivity contribution in [2.45, 2.75) is 25.0 Å². The normalized spacial score (nSPS) is 22.1. The summed E-state index contributed by atoms with van der Waals surface area (Å²) in [5.74, 6) is -1.36. The van der Waals surface area contributed by atoms with E-state index in [4.69, 9.17) is 18.3 Å². The fourth-order valence-electron chi connectivity index (χ4n) is 1.83. The van der Waals surface area contributed by atoms with Crippen LogP contribution in [0.4, 0.5) is 4.79 Å². The Hall–Kier alpha value is -1.72. The van der Waals surface area contributed by atoms with E-state index in [9.17, 15) is 9.59 Å². The molecule has 0 unspecified atom stereocenters. The molecule has 1 aliphatic carbocycles. The highest BCUT2D eigenvalue weighted by atomic mass is 16.9. The Morgan fingerprint density at radius 1 is 1.14 bits per heavy atom. The summed E-state index contributed by atoms with van der Waals surface area (Å²) in [6.07, 6.45) is 1.07. The minimum absolute atomic E-state index is 0.202. The maximum absolute atomic E-state index is 10.8. The Morgan fingerprint density at radius 3 is 2.64 bits per heavy atom. The van der Waals surface area contributed by atoms with Crippen LogP contribution >= 0.6 is 0 Å². The molecule has 0 aromatic carbocycles. The lowest BCUT2D eigenvalue weighted by atomic mass is 9.95. The number of carbonyl (C=O) groups excluding carboxylic acids is 1. The van der Waals surface area contributed by atoms with Gasteiger partial charge in [-0.3, -0.25) is 0 Å². The van der Waals surface area contributed by atoms with Crippen LogP contribution in [0.15, 0.2) is 13.6 Å². The summed E-state index contributed by atoms with van der Waals surface area (Å²) in [5, 5.41) is 0. The molecule has 1 saturated heterocycles. The third-order valence-electron chi connectivity index (χ3n) is 2.40. The van der Waals surface area contributed by atoms with Gasteiger partial charge in [-0.1, -0.05) is 0 Å². The third kappa shape index (κ3) is 0.799. The summed E-state index contributed by atoms with van der Waals surface area (Å²) in [6, 6.07) is 0. The minimum atomic E-state index is -1.18. The number of fused-ring (bicyclic) bond motifs is 2. The van der Waals surface area contributed by atoms with Crippen LogP contribution in [0.2, 0.25) is 0 Å². The molecule has 1 spiro atoms. The SMILES string of the molecule is O=C1OC2(CCCc3oc(=O)oc32)O1. The van der Waals surface area contributed by atoms with Gasteiger partial charge in [-0.15, -0.1) is 0 Å². The maximum Gasteiger partial charge on any atom is 0.519 e. The van der Waals surface area contributed by atoms with Gasteiger partial charge in [0.05, 0.1) is 0 Å². The van der Waals surface area contributed by atoms with Gasteiger partial charge in [-0.2, -0.15) is 0 Å². The lowest BCUT2D eigenvalue weighted by molar-refractivity contribution is -0.296. The zero-order valence-electron chi connectivity index (χ0n) is 7.07. The molecule has 14 heavy (non-hydrogen) atoms. The van der Waals surface area contributed by atoms with Crippen molar-refractivity contribution in [1.29, 1.82) is 0 Å². The van der Waals surface area contributed by atoms with Crippen LogP contribution in [0.5, 0.6) is 0 Å². The van der Waals surface area contributed by atoms with E-state index in [1.165, 1.54) is 0 Å². The van der Waals surface area contributed by atoms with Crippen LogP contribution in [-0.4, -0.2) is 6.16 Å². The molecule has 1 aromatic heterocycles. The predicted octanol–water partition coefficient (Wildman–Crippen LogP) is 0.889. The van der Waals surface area contributed by atoms with Crippen molar-refractivity contribution in [1.82, 2.24) is 0 Å². The van der Waals surface area contributed by atoms with E-state index in [0.717, 1.165) is 6.42 Å². The number of hydrogen-bond donors (Lipinski definition) is 0. The van der Waals surface area contributed by atoms with Crippen LogP contribution in [0.1, 0.15) is 24.4 Å². The monoisotopic (exact) mass is 198 g/mol. The number of rotatable bonds is 0. The summed E-state index contributed by atoms with van der Waals surface area (Å²) < 4.78 is 19.3. The first-order chi connectivity index (χ1) is 6.70. The summed E-state index contributed by atoms with van der Waals surface area (Å²) in [5.41, 5.74) is 0. The topological polar surface area (TPSA) is 78.9 Å². The van der Waals surface area contributed by atoms with E-state index < -0.39 is 17.8 Å². The molecule has 6 nitrogen and oxygen atoms in total. The highest BCUT2D eigenvalue weighted by Crippen LogP contribution is 2.44. The molecular weight excluding hydrogens is 192 g/mol. The molecule has 0 bridgehead atoms. The van der Waals surface area contributed by atoms with Gasteiger partial charge in [0.1, 0.15) is 0 Å². The van der Waals surface area contributed by atoms with Crippen molar-refractivity contribution >= 4 is 6.16 Å². The average Bonchev–Trinajstić information content (AvgIpc) is 2.44. The Kier molecular flexibility index (Phi) is 1.20. The average molecular weight is 198 g/mol. The van der Waals surface area contributed by atoms with Crippen LogP contribution in [0, 0.1) is 0 Å². The Bertz CT molecular complexity index is 445. The standard InChI is InChI=1S/C8H6O6/c9-6-11-4-2-1-3-8(5(4)12-6)13-7(10)14-8/h1-3H2. The largest absolute Gasteiger partial charge is 0.519 e. The molecule has 3 rings (SSSR count). The molecule has 74 valence electrons. The zero-order chi connectivity index (χ0) is 9.76. The fraction of sp³-hybridized carbons (Fsp3) is 0.500. The maximum atomic E-state index is 10.8. The molecule has 0 atom stereocenters. The summed E-state index contributed by atoms with van der Waals surface area (Å²) >= 11 is 0. The van der Waals surface area contributed by atoms with Gasteiger partial charge in [-0.25, -0.2) is 9.59 Å². The van der Waals surface area contributed by atoms with Crippen molar-refractivity contribution in [3.05, 3.63) is 22.1 Å². The quantitative estimate of drug-likeness (QED) is 0.576. The van der Waals surface area contributed by atoms with Gasteiger partial charge in [0.15, 0.2) is 5.76 Å². The van der Waals surface area contributed by atoms with E-state index in [1.54, 1.807) is 0 Å². The lowest BCUT2D eigenvalue weighted by Crippen LogP contribution is -2.49. The number of ether oxygens (including phenoxy) is 2. The van der Waals surface area contributed by atoms with E-state index in [2.05, 4.69) is 0 Å². The summed E-state index contributed by atoms with van der Waals surface area (Å²) in [4.78, 5) is 21.4. The molecular formula is C8H6O6. The summed E-state index contributed by atoms with van der Waals surface area (Å²) in [7, 11) is 0. The van der Waals surface area contributed by atoms with Gasteiger partial charge >= 0.3 is 17.8 Å². The van der Waals surface area contributed by atoms with Crippen molar-refractivity contribution in [3.63, 3.8) is 0 Å². The molecule has 0 N–H and O–H groups in total. The fourth-order valence-corrected chi connectivity index (χ4v) is 1.83. The molecule has 0 saturated carbocycles. The second kappa shape index (κ2) is 2.20. The van der Waals surface area contributed by atoms with E-state index >= 15 is 0 Å². The van der Waals surface area contributed by atoms with Crippen molar-refractivity contribution in [2.75, 3.05) is 0 Å². The first-order valence-corrected chi connectivity index (χ1v) is 4.25. The molecule has 1 aliphatic heterocycles. The van der Waals surface area contributed by atoms with Crippen LogP contribution < -0.4 is 5.82 Å². The van der Waals surface area contributed by atoms with E-state index in [-0.39, 0.29) is 5.76 Å². The second-order valence-electron chi connectivity index (χ2n) is 3.27. The molecule has 1 fully saturated rings. The van der Waals surface area contributed by atoms with Crippen LogP contribution in [0.25, 0.3) is 0 Å². The first kappa shape index (κ1) is 7.66. The Labute approximate surface area is 77.4 Å². The highest BCUT2D eigenvalue weighted by molar-refractivity contribution is 5.66. The van der Waals surface area contributed by atoms with Gasteiger partial charge in [0.25, 0.3) is 0 Å². The summed E-state index contributed by atoms with van der Waals surface area (Å²) in [6.45, 7) is 0. The molecule has 0 amide bonds. The van der Waals surface area contributed by atoms with Gasteiger partial charge in [-0.05, 0) is 6.42 Å². The van der Waals surface area contributed by atoms with E-state index in [0.29, 0.717) is 18.6 Å². The molecule has 6 heteroatoms. The van der Waals surface area contributed by atoms with Gasteiger partial charge < -0.3 is 18.3 Å². The molecule has 2 heterocycles. The highest BCUT2D eigenvalue weighted by Gasteiger charge is 2.56. The number of aryl methyl sites for hydroxylation is 1. The van der Waals surface area contributed by atoms with Crippen molar-refractivity contribution in [3.8, 4) is 0 Å². The lowest BCUT2D eigenvalue weighted by Gasteiger charge is -2.39. The zero-order valence-corrected chi connectivity index (χ0v) is 7.07. The Morgan fingerprint density at radius 2 is 1.93 bits per heavy atom. The second-order valence-corrected chi connectivity index (χ2v) is 3.27. The Balaban J connectivity index is 2.11. The predicted molar refractivity (Wildman–Crippen MR) is 39.4 cm³/mol. The smallest absolute Gasteiger partial charge is 0.395 e.